The lowest BCUT2D eigenvalue weighted by molar-refractivity contribution is -0.130. The second-order valence-corrected chi connectivity index (χ2v) is 8.58. The second-order valence-electron chi connectivity index (χ2n) is 8.58. The number of nitrogens with one attached hydrogen (secondary N) is 1. The van der Waals surface area contributed by atoms with Gasteiger partial charge >= 0.3 is 0 Å². The van der Waals surface area contributed by atoms with Gasteiger partial charge in [0.15, 0.2) is 0 Å². The molecule has 0 aromatic carbocycles. The van der Waals surface area contributed by atoms with Crippen molar-refractivity contribution in [1.29, 1.82) is 0 Å². The molecular formula is C18H34N2O2. The number of carbonyl (C=O) groups excluding carboxylic acids is 1. The zero-order valence-electron chi connectivity index (χ0n) is 14.9. The molecule has 22 heavy (non-hydrogen) atoms. The van der Waals surface area contributed by atoms with Crippen LogP contribution < -0.4 is 5.32 Å². The lowest BCUT2D eigenvalue weighted by atomic mass is 9.78. The minimum atomic E-state index is -0.355. The first kappa shape index (κ1) is 17.7. The fraction of sp³-hybridized carbons (Fsp3) is 0.944. The topological polar surface area (TPSA) is 52.6 Å². The van der Waals surface area contributed by atoms with E-state index in [2.05, 4.69) is 17.1 Å². The summed E-state index contributed by atoms with van der Waals surface area (Å²) in [4.78, 5) is 14.8. The van der Waals surface area contributed by atoms with Gasteiger partial charge in [0.2, 0.25) is 5.91 Å². The summed E-state index contributed by atoms with van der Waals surface area (Å²) in [5, 5.41) is 13.5. The first-order valence-electron chi connectivity index (χ1n) is 8.93. The van der Waals surface area contributed by atoms with Crippen molar-refractivity contribution in [2.24, 2.45) is 17.3 Å². The predicted octanol–water partition coefficient (Wildman–Crippen LogP) is 2.41. The maximum absolute atomic E-state index is 12.3. The molecule has 0 aromatic heterocycles. The van der Waals surface area contributed by atoms with Gasteiger partial charge in [-0.25, -0.2) is 0 Å². The van der Waals surface area contributed by atoms with Gasteiger partial charge in [0.1, 0.15) is 0 Å². The molecule has 0 bridgehead atoms. The van der Waals surface area contributed by atoms with Crippen molar-refractivity contribution in [3.05, 3.63) is 0 Å². The van der Waals surface area contributed by atoms with Crippen LogP contribution in [0.3, 0.4) is 0 Å². The summed E-state index contributed by atoms with van der Waals surface area (Å²) in [5.74, 6) is 1.22. The number of hydrogen-bond donors (Lipinski definition) is 2. The second kappa shape index (κ2) is 6.88. The number of rotatable bonds is 4. The minimum Gasteiger partial charge on any atom is -0.393 e. The number of aliphatic hydroxyl groups excluding tert-OH is 1. The van der Waals surface area contributed by atoms with Crippen LogP contribution in [-0.2, 0) is 4.79 Å². The molecule has 3 unspecified atom stereocenters. The van der Waals surface area contributed by atoms with E-state index in [0.29, 0.717) is 6.04 Å². The Kier molecular flexibility index (Phi) is 5.54. The van der Waals surface area contributed by atoms with Crippen molar-refractivity contribution in [3.63, 3.8) is 0 Å². The zero-order chi connectivity index (χ0) is 16.5. The van der Waals surface area contributed by atoms with E-state index in [1.165, 1.54) is 12.8 Å². The third-order valence-corrected chi connectivity index (χ3v) is 5.36. The Bertz CT molecular complexity index is 385. The van der Waals surface area contributed by atoms with E-state index in [9.17, 15) is 9.90 Å². The highest BCUT2D eigenvalue weighted by Crippen LogP contribution is 2.34. The van der Waals surface area contributed by atoms with Gasteiger partial charge in [0.25, 0.3) is 0 Å². The smallest absolute Gasteiger partial charge is 0.225 e. The van der Waals surface area contributed by atoms with Crippen LogP contribution in [0.15, 0.2) is 0 Å². The monoisotopic (exact) mass is 310 g/mol. The molecule has 1 aliphatic carbocycles. The number of aliphatic hydroxyl groups is 1. The summed E-state index contributed by atoms with van der Waals surface area (Å²) in [7, 11) is 0. The van der Waals surface area contributed by atoms with Crippen LogP contribution in [0.4, 0.5) is 0 Å². The van der Waals surface area contributed by atoms with Crippen molar-refractivity contribution in [3.8, 4) is 0 Å². The Balaban J connectivity index is 2.00. The summed E-state index contributed by atoms with van der Waals surface area (Å²) in [6, 6.07) is 0.818. The van der Waals surface area contributed by atoms with E-state index in [4.69, 9.17) is 0 Å². The number of hydrogen-bond acceptors (Lipinski definition) is 3. The first-order chi connectivity index (χ1) is 10.2. The third kappa shape index (κ3) is 4.23. The summed E-state index contributed by atoms with van der Waals surface area (Å²) in [6.45, 7) is 12.1. The predicted molar refractivity (Wildman–Crippen MR) is 89.5 cm³/mol. The molecule has 0 spiro atoms. The average Bonchev–Trinajstić information content (AvgIpc) is 2.41. The van der Waals surface area contributed by atoms with E-state index in [1.54, 1.807) is 0 Å². The molecule has 0 radical (unpaired) electrons. The Morgan fingerprint density at radius 2 is 1.91 bits per heavy atom. The van der Waals surface area contributed by atoms with Gasteiger partial charge in [-0.1, -0.05) is 34.6 Å². The van der Waals surface area contributed by atoms with Crippen LogP contribution in [-0.4, -0.2) is 47.2 Å². The molecule has 1 amide bonds. The molecule has 2 rings (SSSR count). The Hall–Kier alpha value is -0.610. The van der Waals surface area contributed by atoms with Crippen molar-refractivity contribution in [1.82, 2.24) is 10.2 Å². The first-order valence-corrected chi connectivity index (χ1v) is 8.93. The Morgan fingerprint density at radius 1 is 1.27 bits per heavy atom. The van der Waals surface area contributed by atoms with Gasteiger partial charge in [-0.15, -0.1) is 0 Å². The van der Waals surface area contributed by atoms with Crippen LogP contribution in [0, 0.1) is 17.3 Å². The lowest BCUT2D eigenvalue weighted by Gasteiger charge is -2.48. The molecule has 3 atom stereocenters. The number of nitrogens with zero attached hydrogens (tertiary/aromatic N) is 1. The standard InChI is InChI=1S/C18H34N2O2/c1-6-16(21)13-9-14(19-17(22)18(3,4)5)11-20(10-13)15-7-12(2)8-15/h12-16,21H,6-11H2,1-5H3,(H,19,22). The van der Waals surface area contributed by atoms with E-state index in [-0.39, 0.29) is 29.4 Å². The molecule has 1 aliphatic heterocycles. The van der Waals surface area contributed by atoms with Gasteiger partial charge in [0, 0.05) is 30.6 Å². The number of likely N-dealkylation sites (tertiary alicyclic amines) is 1. The van der Waals surface area contributed by atoms with Gasteiger partial charge in [-0.05, 0) is 37.5 Å². The van der Waals surface area contributed by atoms with E-state index in [1.807, 2.05) is 27.7 Å². The highest BCUT2D eigenvalue weighted by molar-refractivity contribution is 5.81. The summed E-state index contributed by atoms with van der Waals surface area (Å²) < 4.78 is 0. The number of piperidine rings is 1. The van der Waals surface area contributed by atoms with Crippen molar-refractivity contribution in [2.75, 3.05) is 13.1 Å². The highest BCUT2D eigenvalue weighted by Gasteiger charge is 2.39. The van der Waals surface area contributed by atoms with E-state index >= 15 is 0 Å². The molecule has 1 heterocycles. The van der Waals surface area contributed by atoms with Crippen LogP contribution in [0.5, 0.6) is 0 Å². The SMILES string of the molecule is CCC(O)C1CC(NC(=O)C(C)(C)C)CN(C2CC(C)C2)C1. The molecule has 2 N–H and O–H groups in total. The molecular weight excluding hydrogens is 276 g/mol. The van der Waals surface area contributed by atoms with Crippen molar-refractivity contribution < 1.29 is 9.90 Å². The van der Waals surface area contributed by atoms with Crippen LogP contribution in [0.2, 0.25) is 0 Å². The maximum atomic E-state index is 12.3. The molecule has 2 aliphatic rings. The fourth-order valence-electron chi connectivity index (χ4n) is 3.75. The van der Waals surface area contributed by atoms with E-state index < -0.39 is 0 Å². The van der Waals surface area contributed by atoms with Crippen molar-refractivity contribution >= 4 is 5.91 Å². The molecule has 1 saturated heterocycles. The Morgan fingerprint density at radius 3 is 2.41 bits per heavy atom. The van der Waals surface area contributed by atoms with Gasteiger partial charge in [-0.3, -0.25) is 9.69 Å². The molecule has 4 nitrogen and oxygen atoms in total. The molecule has 0 aromatic rings. The number of carbonyl (C=O) groups is 1. The largest absolute Gasteiger partial charge is 0.393 e. The van der Waals surface area contributed by atoms with Crippen LogP contribution in [0.1, 0.15) is 60.3 Å². The Labute approximate surface area is 135 Å². The minimum absolute atomic E-state index is 0.117. The quantitative estimate of drug-likeness (QED) is 0.838. The van der Waals surface area contributed by atoms with Gasteiger partial charge in [-0.2, -0.15) is 0 Å². The lowest BCUT2D eigenvalue weighted by Crippen LogP contribution is -2.58. The van der Waals surface area contributed by atoms with Gasteiger partial charge < -0.3 is 10.4 Å². The molecule has 128 valence electrons. The van der Waals surface area contributed by atoms with E-state index in [0.717, 1.165) is 31.8 Å². The molecule has 1 saturated carbocycles. The summed E-state index contributed by atoms with van der Waals surface area (Å²) in [6.07, 6.45) is 3.95. The fourth-order valence-corrected chi connectivity index (χ4v) is 3.75. The third-order valence-electron chi connectivity index (χ3n) is 5.36. The van der Waals surface area contributed by atoms with Crippen LogP contribution >= 0.6 is 0 Å². The normalized spacial score (nSPS) is 34.8. The maximum Gasteiger partial charge on any atom is 0.225 e. The molecule has 4 heteroatoms. The number of amides is 1. The molecule has 2 fully saturated rings. The average molecular weight is 310 g/mol. The summed E-state index contributed by atoms with van der Waals surface area (Å²) in [5.41, 5.74) is -0.355. The van der Waals surface area contributed by atoms with Gasteiger partial charge in [0.05, 0.1) is 6.10 Å². The summed E-state index contributed by atoms with van der Waals surface area (Å²) >= 11 is 0. The van der Waals surface area contributed by atoms with Crippen molar-refractivity contribution in [2.45, 2.75) is 78.5 Å². The highest BCUT2D eigenvalue weighted by atomic mass is 16.3. The zero-order valence-corrected chi connectivity index (χ0v) is 14.9. The van der Waals surface area contributed by atoms with Crippen LogP contribution in [0.25, 0.3) is 0 Å².